The quantitative estimate of drug-likeness (QED) is 0.488. The van der Waals surface area contributed by atoms with Crippen molar-refractivity contribution >= 4 is 23.1 Å². The van der Waals surface area contributed by atoms with Crippen LogP contribution in [0.3, 0.4) is 0 Å². The van der Waals surface area contributed by atoms with E-state index in [0.717, 1.165) is 5.56 Å². The standard InChI is InChI=1S/C19H25N3O3S/c1-3-23-17(24-4-2)13-21-19(26)22-18-16(11-8-12-20-18)25-14-15-9-6-5-7-10-15/h5-12,17H,3-4,13-14H2,1-2H3,(H2,20,21,22,26). The summed E-state index contributed by atoms with van der Waals surface area (Å²) in [6.07, 6.45) is 1.34. The molecule has 0 saturated heterocycles. The third-order valence-electron chi connectivity index (χ3n) is 3.37. The predicted octanol–water partition coefficient (Wildman–Crippen LogP) is 3.35. The summed E-state index contributed by atoms with van der Waals surface area (Å²) >= 11 is 5.33. The molecule has 1 aromatic heterocycles. The molecular weight excluding hydrogens is 350 g/mol. The highest BCUT2D eigenvalue weighted by Gasteiger charge is 2.10. The average molecular weight is 375 g/mol. The molecule has 0 amide bonds. The van der Waals surface area contributed by atoms with Crippen molar-refractivity contribution in [3.8, 4) is 5.75 Å². The highest BCUT2D eigenvalue weighted by atomic mass is 32.1. The van der Waals surface area contributed by atoms with Crippen LogP contribution in [0.1, 0.15) is 19.4 Å². The number of nitrogens with zero attached hydrogens (tertiary/aromatic N) is 1. The fourth-order valence-corrected chi connectivity index (χ4v) is 2.38. The second kappa shape index (κ2) is 11.4. The van der Waals surface area contributed by atoms with Crippen LogP contribution in [-0.2, 0) is 16.1 Å². The van der Waals surface area contributed by atoms with E-state index in [1.165, 1.54) is 0 Å². The van der Waals surface area contributed by atoms with E-state index in [1.807, 2.05) is 56.3 Å². The van der Waals surface area contributed by atoms with E-state index in [9.17, 15) is 0 Å². The third kappa shape index (κ3) is 6.95. The third-order valence-corrected chi connectivity index (χ3v) is 3.62. The van der Waals surface area contributed by atoms with Gasteiger partial charge in [0.1, 0.15) is 6.61 Å². The van der Waals surface area contributed by atoms with Crippen LogP contribution < -0.4 is 15.4 Å². The summed E-state index contributed by atoms with van der Waals surface area (Å²) in [6.45, 7) is 5.90. The maximum absolute atomic E-state index is 5.87. The molecule has 0 saturated carbocycles. The maximum Gasteiger partial charge on any atom is 0.174 e. The van der Waals surface area contributed by atoms with Crippen LogP contribution in [0.2, 0.25) is 0 Å². The number of rotatable bonds is 10. The van der Waals surface area contributed by atoms with Gasteiger partial charge >= 0.3 is 0 Å². The first-order chi connectivity index (χ1) is 12.7. The molecule has 0 aliphatic rings. The van der Waals surface area contributed by atoms with Gasteiger partial charge in [0.05, 0.1) is 6.54 Å². The van der Waals surface area contributed by atoms with Crippen molar-refractivity contribution in [1.29, 1.82) is 0 Å². The van der Waals surface area contributed by atoms with E-state index < -0.39 is 0 Å². The van der Waals surface area contributed by atoms with Crippen molar-refractivity contribution in [2.75, 3.05) is 25.1 Å². The summed E-state index contributed by atoms with van der Waals surface area (Å²) in [4.78, 5) is 4.30. The van der Waals surface area contributed by atoms with E-state index in [1.54, 1.807) is 6.20 Å². The van der Waals surface area contributed by atoms with Gasteiger partial charge in [0.25, 0.3) is 0 Å². The van der Waals surface area contributed by atoms with Gasteiger partial charge in [0, 0.05) is 19.4 Å². The Hall–Kier alpha value is -2.22. The van der Waals surface area contributed by atoms with E-state index in [0.29, 0.717) is 43.0 Å². The van der Waals surface area contributed by atoms with Crippen molar-refractivity contribution in [2.24, 2.45) is 0 Å². The number of hydrogen-bond donors (Lipinski definition) is 2. The zero-order chi connectivity index (χ0) is 18.6. The lowest BCUT2D eigenvalue weighted by Gasteiger charge is -2.19. The lowest BCUT2D eigenvalue weighted by atomic mass is 10.2. The molecule has 0 bridgehead atoms. The van der Waals surface area contributed by atoms with Crippen LogP contribution in [0.4, 0.5) is 5.82 Å². The molecular formula is C19H25N3O3S. The zero-order valence-corrected chi connectivity index (χ0v) is 15.9. The van der Waals surface area contributed by atoms with Gasteiger partial charge in [-0.2, -0.15) is 0 Å². The van der Waals surface area contributed by atoms with Gasteiger partial charge in [0.15, 0.2) is 23.0 Å². The van der Waals surface area contributed by atoms with Gasteiger partial charge in [-0.1, -0.05) is 30.3 Å². The number of aromatic nitrogens is 1. The smallest absolute Gasteiger partial charge is 0.174 e. The zero-order valence-electron chi connectivity index (χ0n) is 15.1. The lowest BCUT2D eigenvalue weighted by Crippen LogP contribution is -2.37. The molecule has 0 aliphatic carbocycles. The van der Waals surface area contributed by atoms with E-state index >= 15 is 0 Å². The second-order valence-electron chi connectivity index (χ2n) is 5.30. The van der Waals surface area contributed by atoms with Gasteiger partial charge in [-0.05, 0) is 43.8 Å². The van der Waals surface area contributed by atoms with Crippen LogP contribution in [0.5, 0.6) is 5.75 Å². The van der Waals surface area contributed by atoms with Gasteiger partial charge in [0.2, 0.25) is 0 Å². The molecule has 6 nitrogen and oxygen atoms in total. The highest BCUT2D eigenvalue weighted by Crippen LogP contribution is 2.22. The molecule has 2 N–H and O–H groups in total. The van der Waals surface area contributed by atoms with E-state index in [-0.39, 0.29) is 6.29 Å². The summed E-state index contributed by atoms with van der Waals surface area (Å²) < 4.78 is 16.8. The van der Waals surface area contributed by atoms with Crippen molar-refractivity contribution < 1.29 is 14.2 Å². The van der Waals surface area contributed by atoms with Crippen molar-refractivity contribution in [1.82, 2.24) is 10.3 Å². The molecule has 2 aromatic rings. The molecule has 26 heavy (non-hydrogen) atoms. The number of hydrogen-bond acceptors (Lipinski definition) is 5. The average Bonchev–Trinajstić information content (AvgIpc) is 2.66. The molecule has 1 aromatic carbocycles. The first-order valence-electron chi connectivity index (χ1n) is 8.62. The van der Waals surface area contributed by atoms with Crippen LogP contribution in [0, 0.1) is 0 Å². The Morgan fingerprint density at radius 2 is 1.81 bits per heavy atom. The van der Waals surface area contributed by atoms with Gasteiger partial charge in [-0.15, -0.1) is 0 Å². The number of anilines is 1. The first-order valence-corrected chi connectivity index (χ1v) is 9.03. The Morgan fingerprint density at radius 1 is 1.08 bits per heavy atom. The van der Waals surface area contributed by atoms with Crippen LogP contribution in [-0.4, -0.2) is 36.1 Å². The molecule has 7 heteroatoms. The van der Waals surface area contributed by atoms with Crippen LogP contribution in [0.25, 0.3) is 0 Å². The molecule has 140 valence electrons. The number of thiocarbonyl (C=S) groups is 1. The minimum atomic E-state index is -0.345. The summed E-state index contributed by atoms with van der Waals surface area (Å²) in [5.41, 5.74) is 1.08. The number of benzene rings is 1. The monoisotopic (exact) mass is 375 g/mol. The number of nitrogens with one attached hydrogen (secondary N) is 2. The Bertz CT molecular complexity index is 664. The first kappa shape index (κ1) is 20.1. The minimum absolute atomic E-state index is 0.345. The molecule has 0 aliphatic heterocycles. The summed E-state index contributed by atoms with van der Waals surface area (Å²) in [5, 5.41) is 6.56. The Morgan fingerprint density at radius 3 is 2.50 bits per heavy atom. The molecule has 0 unspecified atom stereocenters. The van der Waals surface area contributed by atoms with Gasteiger partial charge < -0.3 is 24.8 Å². The molecule has 0 fully saturated rings. The van der Waals surface area contributed by atoms with E-state index in [2.05, 4.69) is 15.6 Å². The summed E-state index contributed by atoms with van der Waals surface area (Å²) in [7, 11) is 0. The van der Waals surface area contributed by atoms with Crippen molar-refractivity contribution in [3.63, 3.8) is 0 Å². The number of ether oxygens (including phenoxy) is 3. The molecule has 0 spiro atoms. The van der Waals surface area contributed by atoms with Crippen molar-refractivity contribution in [2.45, 2.75) is 26.7 Å². The largest absolute Gasteiger partial charge is 0.485 e. The van der Waals surface area contributed by atoms with Crippen molar-refractivity contribution in [3.05, 3.63) is 54.2 Å². The van der Waals surface area contributed by atoms with Gasteiger partial charge in [-0.3, -0.25) is 0 Å². The molecule has 0 atom stereocenters. The number of pyridine rings is 1. The predicted molar refractivity (Wildman–Crippen MR) is 106 cm³/mol. The summed E-state index contributed by atoms with van der Waals surface area (Å²) in [5.74, 6) is 1.19. The Balaban J connectivity index is 1.89. The van der Waals surface area contributed by atoms with Gasteiger partial charge in [-0.25, -0.2) is 4.98 Å². The van der Waals surface area contributed by atoms with Crippen LogP contribution >= 0.6 is 12.2 Å². The summed E-state index contributed by atoms with van der Waals surface area (Å²) in [6, 6.07) is 13.6. The highest BCUT2D eigenvalue weighted by molar-refractivity contribution is 7.80. The molecule has 2 rings (SSSR count). The normalized spacial score (nSPS) is 10.6. The SMILES string of the molecule is CCOC(CNC(=S)Nc1ncccc1OCc1ccccc1)OCC. The fourth-order valence-electron chi connectivity index (χ4n) is 2.20. The molecule has 1 heterocycles. The van der Waals surface area contributed by atoms with Crippen LogP contribution in [0.15, 0.2) is 48.7 Å². The Labute approximate surface area is 159 Å². The lowest BCUT2D eigenvalue weighted by molar-refractivity contribution is -0.130. The topological polar surface area (TPSA) is 64.6 Å². The maximum atomic E-state index is 5.87. The minimum Gasteiger partial charge on any atom is -0.485 e. The Kier molecular flexibility index (Phi) is 8.82. The fraction of sp³-hybridized carbons (Fsp3) is 0.368. The molecule has 0 radical (unpaired) electrons. The second-order valence-corrected chi connectivity index (χ2v) is 5.71. The van der Waals surface area contributed by atoms with E-state index in [4.69, 9.17) is 26.4 Å².